The lowest BCUT2D eigenvalue weighted by atomic mass is 10.1. The molecule has 0 unspecified atom stereocenters. The normalized spacial score (nSPS) is 17.9. The van der Waals surface area contributed by atoms with Gasteiger partial charge in [0.1, 0.15) is 24.0 Å². The summed E-state index contributed by atoms with van der Waals surface area (Å²) in [5.74, 6) is 0.640. The van der Waals surface area contributed by atoms with E-state index in [1.807, 2.05) is 48.2 Å². The molecule has 3 rings (SSSR count). The zero-order valence-corrected chi connectivity index (χ0v) is 13.8. The third-order valence-corrected chi connectivity index (χ3v) is 4.83. The number of Topliss-reactive ketones (excluding diaryl/α,β-unsaturated/α-hetero) is 1. The van der Waals surface area contributed by atoms with Crippen molar-refractivity contribution in [2.45, 2.75) is 19.3 Å². The minimum atomic E-state index is -0.0501. The summed E-state index contributed by atoms with van der Waals surface area (Å²) >= 11 is 0. The zero-order valence-electron chi connectivity index (χ0n) is 13.8. The number of nitrogens with one attached hydrogen (secondary N) is 1. The molecule has 1 fully saturated rings. The Kier molecular flexibility index (Phi) is 4.35. The number of anilines is 2. The molecule has 1 aromatic carbocycles. The van der Waals surface area contributed by atoms with E-state index in [9.17, 15) is 10.1 Å². The lowest BCUT2D eigenvalue weighted by Crippen LogP contribution is -3.13. The number of hydrogen-bond donors (Lipinski definition) is 1. The Hall–Kier alpha value is -2.32. The highest BCUT2D eigenvalue weighted by molar-refractivity contribution is 6.03. The van der Waals surface area contributed by atoms with Gasteiger partial charge < -0.3 is 14.7 Å². The number of piperidine rings is 1. The van der Waals surface area contributed by atoms with Crippen molar-refractivity contribution in [2.24, 2.45) is 0 Å². The number of fused-ring (bicyclic) bond motifs is 1. The lowest BCUT2D eigenvalue weighted by molar-refractivity contribution is -0.896. The molecule has 1 aromatic rings. The molecule has 0 bridgehead atoms. The first kappa shape index (κ1) is 15.6. The van der Waals surface area contributed by atoms with Gasteiger partial charge in [-0.3, -0.25) is 4.79 Å². The van der Waals surface area contributed by atoms with Crippen molar-refractivity contribution in [3.05, 3.63) is 35.7 Å². The molecule has 0 saturated carbocycles. The largest absolute Gasteiger partial charge is 0.328 e. The zero-order chi connectivity index (χ0) is 16.4. The number of rotatable bonds is 3. The van der Waals surface area contributed by atoms with Crippen LogP contribution in [0.1, 0.15) is 19.3 Å². The van der Waals surface area contributed by atoms with Gasteiger partial charge in [0, 0.05) is 14.1 Å². The fourth-order valence-electron chi connectivity index (χ4n) is 3.60. The Morgan fingerprint density at radius 3 is 2.22 bits per heavy atom. The smallest absolute Gasteiger partial charge is 0.231 e. The van der Waals surface area contributed by atoms with Crippen LogP contribution in [-0.4, -0.2) is 39.5 Å². The van der Waals surface area contributed by atoms with E-state index in [1.165, 1.54) is 24.2 Å². The monoisotopic (exact) mass is 311 g/mol. The third kappa shape index (κ3) is 2.82. The predicted octanol–water partition coefficient (Wildman–Crippen LogP) is 0.946. The van der Waals surface area contributed by atoms with Crippen LogP contribution in [0.2, 0.25) is 0 Å². The quantitative estimate of drug-likeness (QED) is 0.667. The van der Waals surface area contributed by atoms with Crippen molar-refractivity contribution in [2.75, 3.05) is 43.5 Å². The van der Waals surface area contributed by atoms with E-state index in [2.05, 4.69) is 6.07 Å². The Bertz CT molecular complexity index is 652. The van der Waals surface area contributed by atoms with Gasteiger partial charge in [-0.25, -0.2) is 0 Å². The molecule has 0 spiro atoms. The molecule has 1 N–H and O–H groups in total. The van der Waals surface area contributed by atoms with Gasteiger partial charge in [-0.15, -0.1) is 0 Å². The highest BCUT2D eigenvalue weighted by Gasteiger charge is 2.32. The van der Waals surface area contributed by atoms with Crippen LogP contribution in [0.25, 0.3) is 0 Å². The summed E-state index contributed by atoms with van der Waals surface area (Å²) < 4.78 is 0. The highest BCUT2D eigenvalue weighted by Crippen LogP contribution is 2.40. The average molecular weight is 311 g/mol. The summed E-state index contributed by atoms with van der Waals surface area (Å²) in [6.07, 6.45) is 3.60. The predicted molar refractivity (Wildman–Crippen MR) is 90.3 cm³/mol. The maximum Gasteiger partial charge on any atom is 0.231 e. The van der Waals surface area contributed by atoms with E-state index < -0.39 is 0 Å². The Morgan fingerprint density at radius 2 is 1.70 bits per heavy atom. The van der Waals surface area contributed by atoms with Crippen molar-refractivity contribution < 1.29 is 9.69 Å². The first-order chi connectivity index (χ1) is 11.1. The number of quaternary nitrogens is 1. The molecule has 120 valence electrons. The summed E-state index contributed by atoms with van der Waals surface area (Å²) in [5, 5.41) is 9.61. The Morgan fingerprint density at radius 1 is 1.13 bits per heavy atom. The second-order valence-corrected chi connectivity index (χ2v) is 6.33. The first-order valence-electron chi connectivity index (χ1n) is 8.21. The molecule has 0 amide bonds. The van der Waals surface area contributed by atoms with E-state index in [4.69, 9.17) is 0 Å². The molecule has 0 aromatic heterocycles. The number of benzene rings is 1. The molecule has 5 heteroatoms. The Labute approximate surface area is 137 Å². The number of likely N-dealkylation sites (tertiary alicyclic amines) is 1. The number of nitrogens with zero attached hydrogens (tertiary/aromatic N) is 3. The number of carbonyl (C=O) groups is 1. The van der Waals surface area contributed by atoms with Gasteiger partial charge in [-0.05, 0) is 31.4 Å². The Balaban J connectivity index is 1.89. The van der Waals surface area contributed by atoms with Crippen molar-refractivity contribution in [1.29, 1.82) is 5.26 Å². The molecule has 1 saturated heterocycles. The number of nitriles is 1. The van der Waals surface area contributed by atoms with E-state index in [-0.39, 0.29) is 11.4 Å². The molecule has 2 heterocycles. The molecular weight excluding hydrogens is 288 g/mol. The number of para-hydroxylation sites is 2. The highest BCUT2D eigenvalue weighted by atomic mass is 16.1. The van der Waals surface area contributed by atoms with Crippen LogP contribution >= 0.6 is 0 Å². The molecule has 23 heavy (non-hydrogen) atoms. The average Bonchev–Trinajstić information content (AvgIpc) is 2.82. The lowest BCUT2D eigenvalue weighted by Gasteiger charge is -2.24. The van der Waals surface area contributed by atoms with E-state index in [0.717, 1.165) is 24.5 Å². The van der Waals surface area contributed by atoms with Gasteiger partial charge in [0.25, 0.3) is 0 Å². The second-order valence-electron chi connectivity index (χ2n) is 6.33. The van der Waals surface area contributed by atoms with Crippen LogP contribution in [0.3, 0.4) is 0 Å². The minimum absolute atomic E-state index is 0.0501. The SMILES string of the molecule is CN1C(=C(C#N)C(=O)C[NH+]2CCCCC2)N(C)c2ccccc21. The maximum atomic E-state index is 12.7. The molecular formula is C18H23N4O+. The molecule has 2 aliphatic rings. The van der Waals surface area contributed by atoms with Crippen LogP contribution < -0.4 is 14.7 Å². The molecule has 0 aliphatic carbocycles. The van der Waals surface area contributed by atoms with Crippen LogP contribution in [0.15, 0.2) is 35.7 Å². The van der Waals surface area contributed by atoms with E-state index >= 15 is 0 Å². The number of hydrogen-bond acceptors (Lipinski definition) is 4. The van der Waals surface area contributed by atoms with Gasteiger partial charge >= 0.3 is 0 Å². The summed E-state index contributed by atoms with van der Waals surface area (Å²) in [6.45, 7) is 2.49. The topological polar surface area (TPSA) is 51.8 Å². The first-order valence-corrected chi connectivity index (χ1v) is 8.21. The van der Waals surface area contributed by atoms with Crippen LogP contribution in [0.5, 0.6) is 0 Å². The number of carbonyl (C=O) groups excluding carboxylic acids is 1. The summed E-state index contributed by atoms with van der Waals surface area (Å²) in [4.78, 5) is 17.9. The molecule has 0 atom stereocenters. The van der Waals surface area contributed by atoms with E-state index in [1.54, 1.807) is 0 Å². The van der Waals surface area contributed by atoms with Gasteiger partial charge in [0.2, 0.25) is 5.78 Å². The maximum absolute atomic E-state index is 12.7. The fourth-order valence-corrected chi connectivity index (χ4v) is 3.60. The molecule has 5 nitrogen and oxygen atoms in total. The van der Waals surface area contributed by atoms with Gasteiger partial charge in [-0.2, -0.15) is 5.26 Å². The van der Waals surface area contributed by atoms with Crippen molar-refractivity contribution in [3.8, 4) is 6.07 Å². The van der Waals surface area contributed by atoms with Gasteiger partial charge in [0.05, 0.1) is 24.5 Å². The molecule has 2 aliphatic heterocycles. The molecule has 0 radical (unpaired) electrons. The summed E-state index contributed by atoms with van der Waals surface area (Å²) in [6, 6.07) is 10.1. The van der Waals surface area contributed by atoms with E-state index in [0.29, 0.717) is 12.4 Å². The fraction of sp³-hybridized carbons (Fsp3) is 0.444. The summed E-state index contributed by atoms with van der Waals surface area (Å²) in [7, 11) is 3.83. The van der Waals surface area contributed by atoms with Crippen molar-refractivity contribution in [3.63, 3.8) is 0 Å². The second kappa shape index (κ2) is 6.43. The van der Waals surface area contributed by atoms with Crippen molar-refractivity contribution in [1.82, 2.24) is 0 Å². The van der Waals surface area contributed by atoms with Crippen LogP contribution in [0.4, 0.5) is 11.4 Å². The summed E-state index contributed by atoms with van der Waals surface area (Å²) in [5.41, 5.74) is 2.32. The number of ketones is 1. The van der Waals surface area contributed by atoms with Crippen molar-refractivity contribution >= 4 is 17.2 Å². The van der Waals surface area contributed by atoms with Gasteiger partial charge in [-0.1, -0.05) is 12.1 Å². The van der Waals surface area contributed by atoms with Gasteiger partial charge in [0.15, 0.2) is 0 Å². The van der Waals surface area contributed by atoms with Crippen LogP contribution in [-0.2, 0) is 4.79 Å². The van der Waals surface area contributed by atoms with Crippen LogP contribution in [0, 0.1) is 11.3 Å². The minimum Gasteiger partial charge on any atom is -0.328 e. The standard InChI is InChI=1S/C18H22N4O/c1-20-15-8-4-5-9-16(15)21(2)18(20)14(12-19)17(23)13-22-10-6-3-7-11-22/h4-5,8-9H,3,6-7,10-11,13H2,1-2H3/p+1. The third-order valence-electron chi connectivity index (χ3n) is 4.83.